The Morgan fingerprint density at radius 3 is 2.25 bits per heavy atom. The highest BCUT2D eigenvalue weighted by Gasteiger charge is 2.30. The number of nitrogens with zero attached hydrogens (tertiary/aromatic N) is 4. The Morgan fingerprint density at radius 2 is 1.62 bits per heavy atom. The Labute approximate surface area is 184 Å². The number of fused-ring (bicyclic) bond motifs is 1. The van der Waals surface area contributed by atoms with Gasteiger partial charge in [-0.2, -0.15) is 13.2 Å². The van der Waals surface area contributed by atoms with Crippen LogP contribution in [0.4, 0.5) is 19.1 Å². The monoisotopic (exact) mass is 442 g/mol. The molecule has 3 aromatic rings. The van der Waals surface area contributed by atoms with Crippen molar-refractivity contribution in [2.75, 3.05) is 25.5 Å². The molecule has 5 nitrogen and oxygen atoms in total. The van der Waals surface area contributed by atoms with Gasteiger partial charge in [-0.25, -0.2) is 4.98 Å². The Morgan fingerprint density at radius 1 is 0.969 bits per heavy atom. The SMILES string of the molecule is CN(C)c1nc2c(c(=O)n1Cc1ccc(C(F)(F)F)cc1)CN(Cc1ccccc1)CC2. The molecule has 0 radical (unpaired) electrons. The van der Waals surface area contributed by atoms with E-state index in [1.54, 1.807) is 9.47 Å². The summed E-state index contributed by atoms with van der Waals surface area (Å²) in [6.07, 6.45) is -3.71. The van der Waals surface area contributed by atoms with Crippen LogP contribution in [0.25, 0.3) is 0 Å². The van der Waals surface area contributed by atoms with E-state index in [0.717, 1.165) is 30.9 Å². The average Bonchev–Trinajstić information content (AvgIpc) is 2.76. The van der Waals surface area contributed by atoms with Crippen LogP contribution < -0.4 is 10.5 Å². The normalized spacial score (nSPS) is 14.3. The van der Waals surface area contributed by atoms with E-state index < -0.39 is 11.7 Å². The maximum atomic E-state index is 13.5. The van der Waals surface area contributed by atoms with Gasteiger partial charge in [0.15, 0.2) is 0 Å². The molecule has 1 aromatic heterocycles. The molecular weight excluding hydrogens is 417 g/mol. The van der Waals surface area contributed by atoms with Crippen LogP contribution in [0, 0.1) is 0 Å². The average molecular weight is 442 g/mol. The van der Waals surface area contributed by atoms with Crippen LogP contribution in [-0.2, 0) is 32.2 Å². The predicted octanol–water partition coefficient (Wildman–Crippen LogP) is 3.93. The zero-order chi connectivity index (χ0) is 22.9. The highest BCUT2D eigenvalue weighted by atomic mass is 19.4. The van der Waals surface area contributed by atoms with E-state index in [1.807, 2.05) is 32.3 Å². The molecule has 0 aliphatic carbocycles. The second-order valence-corrected chi connectivity index (χ2v) is 8.26. The van der Waals surface area contributed by atoms with E-state index in [9.17, 15) is 18.0 Å². The topological polar surface area (TPSA) is 41.4 Å². The van der Waals surface area contributed by atoms with Crippen molar-refractivity contribution in [1.82, 2.24) is 14.5 Å². The second kappa shape index (κ2) is 8.78. The summed E-state index contributed by atoms with van der Waals surface area (Å²) in [5.41, 5.74) is 2.40. The number of hydrogen-bond acceptors (Lipinski definition) is 4. The maximum Gasteiger partial charge on any atom is 0.416 e. The summed E-state index contributed by atoms with van der Waals surface area (Å²) < 4.78 is 40.2. The van der Waals surface area contributed by atoms with Crippen LogP contribution >= 0.6 is 0 Å². The molecule has 2 aromatic carbocycles. The number of anilines is 1. The molecule has 4 rings (SSSR count). The first-order valence-corrected chi connectivity index (χ1v) is 10.4. The molecule has 0 bridgehead atoms. The number of rotatable bonds is 5. The summed E-state index contributed by atoms with van der Waals surface area (Å²) in [6.45, 7) is 2.21. The number of hydrogen-bond donors (Lipinski definition) is 0. The van der Waals surface area contributed by atoms with Gasteiger partial charge >= 0.3 is 6.18 Å². The van der Waals surface area contributed by atoms with Crippen molar-refractivity contribution >= 4 is 5.95 Å². The van der Waals surface area contributed by atoms with E-state index in [-0.39, 0.29) is 12.1 Å². The van der Waals surface area contributed by atoms with Gasteiger partial charge in [-0.15, -0.1) is 0 Å². The van der Waals surface area contributed by atoms with Crippen molar-refractivity contribution in [1.29, 1.82) is 0 Å². The third-order valence-electron chi connectivity index (χ3n) is 5.65. The molecule has 0 atom stereocenters. The van der Waals surface area contributed by atoms with Gasteiger partial charge in [0.1, 0.15) is 0 Å². The molecule has 32 heavy (non-hydrogen) atoms. The van der Waals surface area contributed by atoms with Crippen LogP contribution in [-0.4, -0.2) is 35.1 Å². The lowest BCUT2D eigenvalue weighted by Crippen LogP contribution is -2.39. The summed E-state index contributed by atoms with van der Waals surface area (Å²) in [6, 6.07) is 15.0. The van der Waals surface area contributed by atoms with Crippen molar-refractivity contribution in [2.24, 2.45) is 0 Å². The van der Waals surface area contributed by atoms with Crippen molar-refractivity contribution in [3.63, 3.8) is 0 Å². The van der Waals surface area contributed by atoms with Gasteiger partial charge in [-0.1, -0.05) is 42.5 Å². The fraction of sp³-hybridized carbons (Fsp3) is 0.333. The smallest absolute Gasteiger partial charge is 0.348 e. The van der Waals surface area contributed by atoms with Gasteiger partial charge in [0.05, 0.1) is 23.4 Å². The van der Waals surface area contributed by atoms with Gasteiger partial charge in [0.25, 0.3) is 5.56 Å². The molecular formula is C24H25F3N4O. The third kappa shape index (κ3) is 4.70. The summed E-state index contributed by atoms with van der Waals surface area (Å²) in [5, 5.41) is 0. The minimum Gasteiger partial charge on any atom is -0.348 e. The lowest BCUT2D eigenvalue weighted by Gasteiger charge is -2.30. The van der Waals surface area contributed by atoms with E-state index in [2.05, 4.69) is 17.0 Å². The Bertz CT molecular complexity index is 1140. The molecule has 0 unspecified atom stereocenters. The van der Waals surface area contributed by atoms with Crippen LogP contribution in [0.2, 0.25) is 0 Å². The molecule has 0 fully saturated rings. The Hall–Kier alpha value is -3.13. The van der Waals surface area contributed by atoms with Crippen LogP contribution in [0.15, 0.2) is 59.4 Å². The standard InChI is InChI=1S/C24H25F3N4O/c1-29(2)23-28-21-12-13-30(14-17-6-4-3-5-7-17)16-20(21)22(32)31(23)15-18-8-10-19(11-9-18)24(25,26)27/h3-11H,12-16H2,1-2H3. The van der Waals surface area contributed by atoms with Gasteiger partial charge in [0.2, 0.25) is 5.95 Å². The zero-order valence-corrected chi connectivity index (χ0v) is 18.1. The number of aromatic nitrogens is 2. The van der Waals surface area contributed by atoms with Gasteiger partial charge in [-0.3, -0.25) is 14.3 Å². The highest BCUT2D eigenvalue weighted by molar-refractivity contribution is 5.36. The summed E-state index contributed by atoms with van der Waals surface area (Å²) >= 11 is 0. The minimum absolute atomic E-state index is 0.142. The van der Waals surface area contributed by atoms with Crippen molar-refractivity contribution in [3.8, 4) is 0 Å². The van der Waals surface area contributed by atoms with Gasteiger partial charge in [-0.05, 0) is 23.3 Å². The van der Waals surface area contributed by atoms with Crippen molar-refractivity contribution < 1.29 is 13.2 Å². The Kier molecular flexibility index (Phi) is 6.06. The fourth-order valence-corrected chi connectivity index (χ4v) is 4.00. The lowest BCUT2D eigenvalue weighted by molar-refractivity contribution is -0.137. The first-order chi connectivity index (χ1) is 15.2. The molecule has 0 N–H and O–H groups in total. The van der Waals surface area contributed by atoms with E-state index >= 15 is 0 Å². The largest absolute Gasteiger partial charge is 0.416 e. The quantitative estimate of drug-likeness (QED) is 0.601. The van der Waals surface area contributed by atoms with E-state index in [4.69, 9.17) is 4.98 Å². The van der Waals surface area contributed by atoms with Crippen molar-refractivity contribution in [2.45, 2.75) is 32.2 Å². The lowest BCUT2D eigenvalue weighted by atomic mass is 10.1. The Balaban J connectivity index is 1.64. The molecule has 0 spiro atoms. The van der Waals surface area contributed by atoms with E-state index in [1.165, 1.54) is 17.7 Å². The molecule has 168 valence electrons. The molecule has 1 aliphatic heterocycles. The molecule has 0 saturated carbocycles. The molecule has 2 heterocycles. The summed E-state index contributed by atoms with van der Waals surface area (Å²) in [5.74, 6) is 0.505. The molecule has 8 heteroatoms. The number of halogens is 3. The second-order valence-electron chi connectivity index (χ2n) is 8.26. The van der Waals surface area contributed by atoms with E-state index in [0.29, 0.717) is 30.0 Å². The van der Waals surface area contributed by atoms with Crippen LogP contribution in [0.3, 0.4) is 0 Å². The van der Waals surface area contributed by atoms with Gasteiger partial charge in [0, 0.05) is 40.2 Å². The number of alkyl halides is 3. The fourth-order valence-electron chi connectivity index (χ4n) is 4.00. The van der Waals surface area contributed by atoms with Crippen molar-refractivity contribution in [3.05, 3.63) is 92.9 Å². The summed E-state index contributed by atoms with van der Waals surface area (Å²) in [7, 11) is 3.61. The minimum atomic E-state index is -4.39. The first kappa shape index (κ1) is 22.1. The molecule has 1 aliphatic rings. The summed E-state index contributed by atoms with van der Waals surface area (Å²) in [4.78, 5) is 22.2. The molecule has 0 amide bonds. The predicted molar refractivity (Wildman–Crippen MR) is 118 cm³/mol. The highest BCUT2D eigenvalue weighted by Crippen LogP contribution is 2.29. The van der Waals surface area contributed by atoms with Crippen LogP contribution in [0.1, 0.15) is 27.9 Å². The number of benzene rings is 2. The zero-order valence-electron chi connectivity index (χ0n) is 18.1. The van der Waals surface area contributed by atoms with Crippen LogP contribution in [0.5, 0.6) is 0 Å². The van der Waals surface area contributed by atoms with Gasteiger partial charge < -0.3 is 4.90 Å². The third-order valence-corrected chi connectivity index (χ3v) is 5.65. The first-order valence-electron chi connectivity index (χ1n) is 10.4. The molecule has 0 saturated heterocycles. The maximum absolute atomic E-state index is 13.5.